The quantitative estimate of drug-likeness (QED) is 0.366. The molecule has 0 saturated heterocycles. The number of pyridine rings is 1. The van der Waals surface area contributed by atoms with Crippen LogP contribution in [0, 0.1) is 0 Å². The van der Waals surface area contributed by atoms with Gasteiger partial charge in [0.25, 0.3) is 0 Å². The lowest BCUT2D eigenvalue weighted by atomic mass is 9.77. The van der Waals surface area contributed by atoms with Crippen molar-refractivity contribution in [1.82, 2.24) is 4.98 Å². The third kappa shape index (κ3) is 3.60. The van der Waals surface area contributed by atoms with Crippen LogP contribution < -0.4 is 0 Å². The number of carbonyl (C=O) groups is 2. The predicted octanol–water partition coefficient (Wildman–Crippen LogP) is 5.62. The van der Waals surface area contributed by atoms with Gasteiger partial charge in [-0.2, -0.15) is 0 Å². The second-order valence-electron chi connectivity index (χ2n) is 5.91. The Morgan fingerprint density at radius 2 is 1.68 bits per heavy atom. The molecule has 1 aromatic carbocycles. The predicted molar refractivity (Wildman–Crippen MR) is 95.2 cm³/mol. The number of methoxy groups -OCH3 is 1. The Hall–Kier alpha value is -2.49. The van der Waals surface area contributed by atoms with Crippen LogP contribution >= 0.6 is 10.2 Å². The van der Waals surface area contributed by atoms with Gasteiger partial charge in [-0.05, 0) is 17.2 Å². The van der Waals surface area contributed by atoms with Crippen molar-refractivity contribution >= 4 is 22.0 Å². The summed E-state index contributed by atoms with van der Waals surface area (Å²) >= 11 is 0. The smallest absolute Gasteiger partial charge is 0.325 e. The number of ether oxygens (including phenoxy) is 1. The number of benzene rings is 1. The van der Waals surface area contributed by atoms with Crippen molar-refractivity contribution in [2.45, 2.75) is 30.7 Å². The lowest BCUT2D eigenvalue weighted by Gasteiger charge is -2.39. The number of halogens is 5. The van der Waals surface area contributed by atoms with Gasteiger partial charge in [0.05, 0.1) is 7.11 Å². The van der Waals surface area contributed by atoms with Crippen LogP contribution in [0.5, 0.6) is 0 Å². The Morgan fingerprint density at radius 1 is 1.07 bits per heavy atom. The number of rotatable bonds is 3. The molecule has 1 aliphatic rings. The van der Waals surface area contributed by atoms with E-state index in [0.29, 0.717) is 17.8 Å². The largest absolute Gasteiger partial charge is 0.468 e. The Labute approximate surface area is 158 Å². The fourth-order valence-electron chi connectivity index (χ4n) is 3.04. The van der Waals surface area contributed by atoms with Crippen LogP contribution in [0.15, 0.2) is 47.6 Å². The third-order valence-electron chi connectivity index (χ3n) is 4.26. The van der Waals surface area contributed by atoms with Crippen LogP contribution in [0.25, 0.3) is 0 Å². The maximum absolute atomic E-state index is 12.8. The van der Waals surface area contributed by atoms with Crippen molar-refractivity contribution in [3.05, 3.63) is 59.3 Å². The Morgan fingerprint density at radius 3 is 2.14 bits per heavy atom. The first kappa shape index (κ1) is 21.8. The minimum atomic E-state index is -9.96. The van der Waals surface area contributed by atoms with Crippen LogP contribution in [0.1, 0.15) is 35.3 Å². The van der Waals surface area contributed by atoms with Crippen LogP contribution in [0.2, 0.25) is 0 Å². The van der Waals surface area contributed by atoms with E-state index in [9.17, 15) is 29.0 Å². The maximum Gasteiger partial charge on any atom is 0.325 e. The van der Waals surface area contributed by atoms with E-state index in [1.807, 2.05) is 13.8 Å². The Bertz CT molecular complexity index is 929. The van der Waals surface area contributed by atoms with E-state index in [0.717, 1.165) is 7.11 Å². The van der Waals surface area contributed by atoms with Gasteiger partial charge in [-0.1, -0.05) is 63.6 Å². The van der Waals surface area contributed by atoms with E-state index in [4.69, 9.17) is 0 Å². The summed E-state index contributed by atoms with van der Waals surface area (Å²) in [6.07, 6.45) is 0.319. The average molecular weight is 423 g/mol. The summed E-state index contributed by atoms with van der Waals surface area (Å²) in [5.74, 6) is -1.68. The number of hydrogen-bond donors (Lipinski definition) is 0. The molecule has 1 heterocycles. The number of Topliss-reactive ketones (excluding diaryl/α,β-unsaturated/α-hetero) is 1. The van der Waals surface area contributed by atoms with Gasteiger partial charge in [-0.15, -0.1) is 0 Å². The van der Waals surface area contributed by atoms with Crippen LogP contribution in [-0.4, -0.2) is 23.8 Å². The summed E-state index contributed by atoms with van der Waals surface area (Å²) < 4.78 is 68.9. The molecule has 1 aromatic heterocycles. The van der Waals surface area contributed by atoms with Gasteiger partial charge in [-0.3, -0.25) is 9.59 Å². The molecule has 0 radical (unpaired) electrons. The SMILES string of the molecule is CC.COC(=O)C1(c2ccc(S(F)(F)(F)(F)F)nc2)Cc2ccccc2C1=O. The molecule has 0 N–H and O–H groups in total. The molecule has 0 bridgehead atoms. The second-order valence-corrected chi connectivity index (χ2v) is 8.27. The Kier molecular flexibility index (Phi) is 4.88. The first-order valence-corrected chi connectivity index (χ1v) is 10.2. The minimum Gasteiger partial charge on any atom is -0.468 e. The molecule has 4 nitrogen and oxygen atoms in total. The van der Waals surface area contributed by atoms with Crippen LogP contribution in [-0.2, 0) is 21.4 Å². The van der Waals surface area contributed by atoms with Gasteiger partial charge in [0.2, 0.25) is 0 Å². The number of hydrogen-bond acceptors (Lipinski definition) is 4. The highest BCUT2D eigenvalue weighted by Crippen LogP contribution is 3.01. The van der Waals surface area contributed by atoms with E-state index in [2.05, 4.69) is 9.72 Å². The number of carbonyl (C=O) groups excluding carboxylic acids is 2. The van der Waals surface area contributed by atoms with Crippen molar-refractivity contribution < 1.29 is 33.8 Å². The molecule has 10 heteroatoms. The maximum atomic E-state index is 12.8. The zero-order valence-corrected chi connectivity index (χ0v) is 16.0. The summed E-state index contributed by atoms with van der Waals surface area (Å²) in [7, 11) is -8.94. The van der Waals surface area contributed by atoms with Gasteiger partial charge in [0, 0.05) is 18.2 Å². The van der Waals surface area contributed by atoms with Crippen LogP contribution in [0.4, 0.5) is 19.4 Å². The van der Waals surface area contributed by atoms with Gasteiger partial charge >= 0.3 is 16.2 Å². The van der Waals surface area contributed by atoms with Gasteiger partial charge in [0.15, 0.2) is 16.2 Å². The molecule has 0 fully saturated rings. The summed E-state index contributed by atoms with van der Waals surface area (Å²) in [4.78, 5) is 28.0. The van der Waals surface area contributed by atoms with E-state index in [1.54, 1.807) is 18.2 Å². The van der Waals surface area contributed by atoms with Crippen molar-refractivity contribution in [2.75, 3.05) is 7.11 Å². The number of esters is 1. The minimum absolute atomic E-state index is 0.0812. The summed E-state index contributed by atoms with van der Waals surface area (Å²) in [6, 6.07) is 7.01. The molecule has 0 aliphatic heterocycles. The monoisotopic (exact) mass is 423 g/mol. The highest BCUT2D eigenvalue weighted by molar-refractivity contribution is 8.45. The molecule has 1 unspecified atom stereocenters. The molecule has 28 heavy (non-hydrogen) atoms. The molecule has 0 spiro atoms. The molecule has 0 amide bonds. The zero-order chi connectivity index (χ0) is 21.4. The molecule has 0 saturated carbocycles. The molecule has 154 valence electrons. The van der Waals surface area contributed by atoms with Crippen molar-refractivity contribution in [3.63, 3.8) is 0 Å². The Balaban J connectivity index is 0.00000136. The number of ketones is 1. The standard InChI is InChI=1S/C16H12F5NO3S.C2H6/c1-25-15(24)16(8-10-4-2-3-5-12(10)14(16)23)11-6-7-13(22-9-11)26(17,18,19,20)21;1-2/h2-7,9H,8H2,1H3;1-2H3. The lowest BCUT2D eigenvalue weighted by Crippen LogP contribution is -2.43. The number of aromatic nitrogens is 1. The van der Waals surface area contributed by atoms with Crippen molar-refractivity contribution in [1.29, 1.82) is 0 Å². The van der Waals surface area contributed by atoms with Gasteiger partial charge < -0.3 is 4.74 Å². The highest BCUT2D eigenvalue weighted by Gasteiger charge is 2.67. The molecule has 3 rings (SSSR count). The summed E-state index contributed by atoms with van der Waals surface area (Å²) in [6.45, 7) is 4.00. The fourth-order valence-corrected chi connectivity index (χ4v) is 3.62. The first-order chi connectivity index (χ1) is 12.8. The van der Waals surface area contributed by atoms with E-state index in [1.165, 1.54) is 6.07 Å². The van der Waals surface area contributed by atoms with Crippen molar-refractivity contribution in [3.8, 4) is 0 Å². The summed E-state index contributed by atoms with van der Waals surface area (Å²) in [5, 5.41) is -2.34. The number of nitrogens with zero attached hydrogens (tertiary/aromatic N) is 1. The highest BCUT2D eigenvalue weighted by atomic mass is 32.5. The first-order valence-electron chi connectivity index (χ1n) is 8.21. The lowest BCUT2D eigenvalue weighted by molar-refractivity contribution is -0.145. The van der Waals surface area contributed by atoms with E-state index < -0.39 is 32.4 Å². The molecular weight excluding hydrogens is 405 g/mol. The molecule has 1 atom stereocenters. The van der Waals surface area contributed by atoms with E-state index in [-0.39, 0.29) is 23.6 Å². The summed E-state index contributed by atoms with van der Waals surface area (Å²) in [5.41, 5.74) is -1.48. The fraction of sp³-hybridized carbons (Fsp3) is 0.278. The third-order valence-corrected chi connectivity index (χ3v) is 5.30. The zero-order valence-electron chi connectivity index (χ0n) is 15.2. The second kappa shape index (κ2) is 6.26. The van der Waals surface area contributed by atoms with E-state index >= 15 is 0 Å². The van der Waals surface area contributed by atoms with Crippen molar-refractivity contribution in [2.24, 2.45) is 0 Å². The molecule has 1 aliphatic carbocycles. The van der Waals surface area contributed by atoms with Crippen LogP contribution in [0.3, 0.4) is 0 Å². The molecule has 2 aromatic rings. The normalized spacial score (nSPS) is 20.9. The van der Waals surface area contributed by atoms with Gasteiger partial charge in [-0.25, -0.2) is 4.98 Å². The number of fused-ring (bicyclic) bond motifs is 1. The average Bonchev–Trinajstić information content (AvgIpc) is 2.95. The molecular formula is C18H18F5NO3S. The topological polar surface area (TPSA) is 56.3 Å². The van der Waals surface area contributed by atoms with Gasteiger partial charge in [0.1, 0.15) is 0 Å².